The van der Waals surface area contributed by atoms with Crippen molar-refractivity contribution in [3.05, 3.63) is 0 Å². The van der Waals surface area contributed by atoms with Crippen molar-refractivity contribution in [1.29, 1.82) is 0 Å². The third-order valence-corrected chi connectivity index (χ3v) is 6.27. The van der Waals surface area contributed by atoms with Crippen LogP contribution in [0.3, 0.4) is 0 Å². The minimum Gasteiger partial charge on any atom is -0.312 e. The fourth-order valence-electron chi connectivity index (χ4n) is 4.78. The predicted octanol–water partition coefficient (Wildman–Crippen LogP) is 4.20. The summed E-state index contributed by atoms with van der Waals surface area (Å²) in [6, 6.07) is 1.71. The molecule has 3 aliphatic rings. The smallest absolute Gasteiger partial charge is 0.0198 e. The summed E-state index contributed by atoms with van der Waals surface area (Å²) in [5.41, 5.74) is 0. The summed E-state index contributed by atoms with van der Waals surface area (Å²) < 4.78 is 0. The van der Waals surface area contributed by atoms with Crippen LogP contribution in [-0.2, 0) is 0 Å². The molecule has 0 spiro atoms. The van der Waals surface area contributed by atoms with Crippen molar-refractivity contribution in [2.45, 2.75) is 89.6 Å². The number of piperidine rings is 1. The molecule has 1 N–H and O–H groups in total. The van der Waals surface area contributed by atoms with Gasteiger partial charge in [-0.05, 0) is 56.9 Å². The number of nitrogens with one attached hydrogen (secondary N) is 1. The van der Waals surface area contributed by atoms with E-state index in [1.165, 1.54) is 90.3 Å². The molecule has 0 radical (unpaired) electrons. The maximum Gasteiger partial charge on any atom is 0.0198 e. The van der Waals surface area contributed by atoms with Gasteiger partial charge in [0, 0.05) is 25.2 Å². The van der Waals surface area contributed by atoms with Crippen molar-refractivity contribution >= 4 is 0 Å². The van der Waals surface area contributed by atoms with Gasteiger partial charge in [0.1, 0.15) is 0 Å². The molecule has 1 heterocycles. The van der Waals surface area contributed by atoms with Gasteiger partial charge in [0.25, 0.3) is 0 Å². The van der Waals surface area contributed by atoms with Crippen molar-refractivity contribution in [1.82, 2.24) is 10.2 Å². The molecule has 2 atom stereocenters. The van der Waals surface area contributed by atoms with Gasteiger partial charge in [0.15, 0.2) is 0 Å². The summed E-state index contributed by atoms with van der Waals surface area (Å²) >= 11 is 0. The lowest BCUT2D eigenvalue weighted by molar-refractivity contribution is 0.0546. The monoisotopic (exact) mass is 292 g/mol. The molecule has 21 heavy (non-hydrogen) atoms. The van der Waals surface area contributed by atoms with E-state index in [9.17, 15) is 0 Å². The molecular weight excluding hydrogens is 256 g/mol. The SMILES string of the molecule is CCCC1CC(NCC2CCCCC2)CN(C2CCC2)C1. The molecule has 0 bridgehead atoms. The highest BCUT2D eigenvalue weighted by molar-refractivity contribution is 4.90. The van der Waals surface area contributed by atoms with Crippen LogP contribution in [0.2, 0.25) is 0 Å². The highest BCUT2D eigenvalue weighted by Gasteiger charge is 2.33. The van der Waals surface area contributed by atoms with E-state index in [0.717, 1.165) is 23.9 Å². The van der Waals surface area contributed by atoms with E-state index < -0.39 is 0 Å². The number of rotatable bonds is 6. The van der Waals surface area contributed by atoms with Crippen LogP contribution in [-0.4, -0.2) is 36.6 Å². The summed E-state index contributed by atoms with van der Waals surface area (Å²) in [6.45, 7) is 6.37. The lowest BCUT2D eigenvalue weighted by Gasteiger charge is -2.46. The summed E-state index contributed by atoms with van der Waals surface area (Å²) in [5, 5.41) is 3.97. The molecule has 3 fully saturated rings. The predicted molar refractivity (Wildman–Crippen MR) is 90.6 cm³/mol. The first-order valence-corrected chi connectivity index (χ1v) is 9.82. The molecule has 2 heteroatoms. The highest BCUT2D eigenvalue weighted by atomic mass is 15.2. The van der Waals surface area contributed by atoms with E-state index in [1.54, 1.807) is 0 Å². The maximum atomic E-state index is 3.97. The Morgan fingerprint density at radius 2 is 1.71 bits per heavy atom. The van der Waals surface area contributed by atoms with E-state index >= 15 is 0 Å². The van der Waals surface area contributed by atoms with Crippen LogP contribution < -0.4 is 5.32 Å². The fourth-order valence-corrected chi connectivity index (χ4v) is 4.78. The number of nitrogens with zero attached hydrogens (tertiary/aromatic N) is 1. The van der Waals surface area contributed by atoms with E-state index in [1.807, 2.05) is 0 Å². The molecule has 0 aromatic rings. The summed E-state index contributed by atoms with van der Waals surface area (Å²) in [4.78, 5) is 2.84. The van der Waals surface area contributed by atoms with Crippen molar-refractivity contribution in [3.63, 3.8) is 0 Å². The maximum absolute atomic E-state index is 3.97. The molecule has 2 aliphatic carbocycles. The molecule has 2 nitrogen and oxygen atoms in total. The second kappa shape index (κ2) is 7.97. The first-order chi connectivity index (χ1) is 10.3. The van der Waals surface area contributed by atoms with Crippen molar-refractivity contribution in [2.24, 2.45) is 11.8 Å². The number of likely N-dealkylation sites (tertiary alicyclic amines) is 1. The van der Waals surface area contributed by atoms with E-state index in [2.05, 4.69) is 17.1 Å². The molecule has 2 saturated carbocycles. The van der Waals surface area contributed by atoms with E-state index in [0.29, 0.717) is 0 Å². The Balaban J connectivity index is 1.47. The first-order valence-electron chi connectivity index (χ1n) is 9.82. The Hall–Kier alpha value is -0.0800. The van der Waals surface area contributed by atoms with Crippen LogP contribution in [0.5, 0.6) is 0 Å². The van der Waals surface area contributed by atoms with E-state index in [-0.39, 0.29) is 0 Å². The van der Waals surface area contributed by atoms with Crippen molar-refractivity contribution in [3.8, 4) is 0 Å². The van der Waals surface area contributed by atoms with Gasteiger partial charge in [-0.3, -0.25) is 4.90 Å². The van der Waals surface area contributed by atoms with Crippen LogP contribution in [0, 0.1) is 11.8 Å². The molecule has 1 aliphatic heterocycles. The van der Waals surface area contributed by atoms with Crippen molar-refractivity contribution < 1.29 is 0 Å². The van der Waals surface area contributed by atoms with Crippen LogP contribution >= 0.6 is 0 Å². The summed E-state index contributed by atoms with van der Waals surface area (Å²) in [5.74, 6) is 1.93. The van der Waals surface area contributed by atoms with Crippen LogP contribution in [0.25, 0.3) is 0 Å². The average Bonchev–Trinajstić information content (AvgIpc) is 2.45. The third kappa shape index (κ3) is 4.45. The lowest BCUT2D eigenvalue weighted by atomic mass is 9.84. The van der Waals surface area contributed by atoms with Gasteiger partial charge < -0.3 is 5.32 Å². The third-order valence-electron chi connectivity index (χ3n) is 6.27. The largest absolute Gasteiger partial charge is 0.312 e. The zero-order valence-corrected chi connectivity index (χ0v) is 14.2. The van der Waals surface area contributed by atoms with E-state index in [4.69, 9.17) is 0 Å². The highest BCUT2D eigenvalue weighted by Crippen LogP contribution is 2.31. The minimum absolute atomic E-state index is 0.776. The Bertz CT molecular complexity index is 294. The molecular formula is C19H36N2. The Morgan fingerprint density at radius 1 is 0.905 bits per heavy atom. The molecule has 0 aromatic carbocycles. The fraction of sp³-hybridized carbons (Fsp3) is 1.00. The molecule has 3 rings (SSSR count). The summed E-state index contributed by atoms with van der Waals surface area (Å²) in [6.07, 6.45) is 16.0. The first kappa shape index (κ1) is 15.8. The van der Waals surface area contributed by atoms with Crippen LogP contribution in [0.1, 0.15) is 77.6 Å². The second-order valence-electron chi connectivity index (χ2n) is 8.04. The molecule has 122 valence electrons. The normalized spacial score (nSPS) is 33.0. The topological polar surface area (TPSA) is 15.3 Å². The zero-order chi connectivity index (χ0) is 14.5. The van der Waals surface area contributed by atoms with Gasteiger partial charge in [-0.25, -0.2) is 0 Å². The lowest BCUT2D eigenvalue weighted by Crippen LogP contribution is -2.54. The standard InChI is InChI=1S/C19H36N2/c1-2-7-17-12-18(15-21(14-17)19-10-6-11-19)20-13-16-8-4-3-5-9-16/h16-20H,2-15H2,1H3. The molecule has 0 amide bonds. The van der Waals surface area contributed by atoms with Crippen molar-refractivity contribution in [2.75, 3.05) is 19.6 Å². The Morgan fingerprint density at radius 3 is 2.38 bits per heavy atom. The zero-order valence-electron chi connectivity index (χ0n) is 14.2. The van der Waals surface area contributed by atoms with Gasteiger partial charge >= 0.3 is 0 Å². The minimum atomic E-state index is 0.776. The molecule has 1 saturated heterocycles. The Labute approximate surface area is 132 Å². The van der Waals surface area contributed by atoms with Gasteiger partial charge in [-0.15, -0.1) is 0 Å². The quantitative estimate of drug-likeness (QED) is 0.789. The number of hydrogen-bond donors (Lipinski definition) is 1. The Kier molecular flexibility index (Phi) is 5.99. The van der Waals surface area contributed by atoms with Gasteiger partial charge in [0.05, 0.1) is 0 Å². The van der Waals surface area contributed by atoms with Crippen LogP contribution in [0.4, 0.5) is 0 Å². The number of hydrogen-bond acceptors (Lipinski definition) is 2. The average molecular weight is 293 g/mol. The van der Waals surface area contributed by atoms with Crippen LogP contribution in [0.15, 0.2) is 0 Å². The molecule has 2 unspecified atom stereocenters. The van der Waals surface area contributed by atoms with Gasteiger partial charge in [0.2, 0.25) is 0 Å². The molecule has 0 aromatic heterocycles. The van der Waals surface area contributed by atoms with Gasteiger partial charge in [-0.2, -0.15) is 0 Å². The second-order valence-corrected chi connectivity index (χ2v) is 8.04. The summed E-state index contributed by atoms with van der Waals surface area (Å²) in [7, 11) is 0. The van der Waals surface area contributed by atoms with Gasteiger partial charge in [-0.1, -0.05) is 39.0 Å².